The topological polar surface area (TPSA) is 182 Å². The largest absolute Gasteiger partial charge is 0.491 e. The molecule has 174 valence electrons. The highest BCUT2D eigenvalue weighted by molar-refractivity contribution is 7.86. The molecule has 0 bridgehead atoms. The maximum Gasteiger partial charge on any atom is 0.323 e. The van der Waals surface area contributed by atoms with Crippen molar-refractivity contribution in [2.75, 3.05) is 32.2 Å². The molecule has 0 atom stereocenters. The molecule has 0 aliphatic rings. The summed E-state index contributed by atoms with van der Waals surface area (Å²) >= 11 is 0. The van der Waals surface area contributed by atoms with Crippen LogP contribution < -0.4 is 19.9 Å². The first kappa shape index (κ1) is 27.4. The average molecular weight is 486 g/mol. The van der Waals surface area contributed by atoms with Crippen LogP contribution in [0.4, 0.5) is 0 Å². The normalized spacial score (nSPS) is 11.9. The average Bonchev–Trinajstić information content (AvgIpc) is 2.76. The summed E-state index contributed by atoms with van der Waals surface area (Å²) in [5, 5.41) is 18.4. The van der Waals surface area contributed by atoms with E-state index in [4.69, 9.17) is 34.1 Å². The fourth-order valence-electron chi connectivity index (χ4n) is 2.25. The number of hydrogen-bond acceptors (Lipinski definition) is 10. The van der Waals surface area contributed by atoms with E-state index in [1.54, 1.807) is 12.1 Å². The van der Waals surface area contributed by atoms with E-state index in [2.05, 4.69) is 19.2 Å². The van der Waals surface area contributed by atoms with Crippen LogP contribution in [0.15, 0.2) is 12.1 Å². The van der Waals surface area contributed by atoms with Crippen molar-refractivity contribution >= 4 is 33.5 Å². The van der Waals surface area contributed by atoms with Gasteiger partial charge in [-0.1, -0.05) is 0 Å². The molecule has 0 amide bonds. The molecule has 34 heavy (non-hydrogen) atoms. The second-order valence-corrected chi connectivity index (χ2v) is 7.25. The molecule has 1 aromatic rings. The van der Waals surface area contributed by atoms with Crippen molar-refractivity contribution in [1.82, 2.24) is 0 Å². The van der Waals surface area contributed by atoms with Crippen LogP contribution in [0, 0.1) is 42.7 Å². The predicted octanol–water partition coefficient (Wildman–Crippen LogP) is -0.768. The molecule has 14 heteroatoms. The molecule has 0 aliphatic heterocycles. The van der Waals surface area contributed by atoms with Gasteiger partial charge in [0, 0.05) is 10.4 Å². The molecule has 0 saturated carbocycles. The van der Waals surface area contributed by atoms with Crippen molar-refractivity contribution in [1.29, 1.82) is 10.5 Å². The lowest BCUT2D eigenvalue weighted by atomic mass is 10.1. The summed E-state index contributed by atoms with van der Waals surface area (Å²) in [4.78, 5) is 28.2. The summed E-state index contributed by atoms with van der Waals surface area (Å²) < 4.78 is 49.9. The summed E-state index contributed by atoms with van der Waals surface area (Å²) in [6, 6.07) is 5.64. The van der Waals surface area contributed by atoms with E-state index >= 15 is 0 Å². The third-order valence-corrected chi connectivity index (χ3v) is 4.12. The van der Waals surface area contributed by atoms with E-state index in [1.165, 1.54) is 6.07 Å². The first-order valence-electron chi connectivity index (χ1n) is 8.82. The number of esters is 2. The zero-order valence-electron chi connectivity index (χ0n) is 17.2. The van der Waals surface area contributed by atoms with Gasteiger partial charge in [0.1, 0.15) is 37.9 Å². The maximum atomic E-state index is 11.3. The highest BCUT2D eigenvalue weighted by atomic mass is 32.2. The zero-order chi connectivity index (χ0) is 25.7. The summed E-state index contributed by atoms with van der Waals surface area (Å²) in [5.74, 6) is -3.80. The molecule has 0 aromatic heterocycles. The van der Waals surface area contributed by atoms with Gasteiger partial charge >= 0.3 is 11.9 Å². The first-order chi connectivity index (χ1) is 16.1. The van der Waals surface area contributed by atoms with Crippen molar-refractivity contribution in [2.45, 2.75) is 0 Å². The molecule has 0 spiro atoms. The van der Waals surface area contributed by atoms with E-state index in [1.807, 2.05) is 0 Å². The van der Waals surface area contributed by atoms with Crippen LogP contribution in [0.3, 0.4) is 0 Å². The molecule has 13 nitrogen and oxygen atoms in total. The van der Waals surface area contributed by atoms with Crippen LogP contribution in [0.25, 0.3) is 21.1 Å². The van der Waals surface area contributed by atoms with E-state index in [-0.39, 0.29) is 41.8 Å². The Morgan fingerprint density at radius 3 is 1.74 bits per heavy atom. The Balaban J connectivity index is 3.37. The van der Waals surface area contributed by atoms with Crippen molar-refractivity contribution in [3.63, 3.8) is 0 Å². The number of nitrogens with zero attached hydrogens (tertiary/aromatic N) is 4. The number of rotatable bonds is 10. The van der Waals surface area contributed by atoms with Gasteiger partial charge in [0.05, 0.1) is 32.2 Å². The quantitative estimate of drug-likeness (QED) is 0.190. The second-order valence-electron chi connectivity index (χ2n) is 5.80. The molecule has 2 radical (unpaired) electrons. The van der Waals surface area contributed by atoms with Crippen LogP contribution in [-0.2, 0) is 29.2 Å². The molecular weight excluding hydrogens is 472 g/mol. The molecule has 0 heterocycles. The van der Waals surface area contributed by atoms with Gasteiger partial charge in [0.2, 0.25) is 0 Å². The third-order valence-electron chi connectivity index (χ3n) is 3.52. The highest BCUT2D eigenvalue weighted by Crippen LogP contribution is 2.12. The number of ether oxygens (including phenoxy) is 4. The molecule has 0 aliphatic carbocycles. The Morgan fingerprint density at radius 2 is 1.38 bits per heavy atom. The smallest absolute Gasteiger partial charge is 0.323 e. The first-order valence-corrected chi connectivity index (χ1v) is 10.4. The van der Waals surface area contributed by atoms with Crippen LogP contribution in [0.5, 0.6) is 11.5 Å². The lowest BCUT2D eigenvalue weighted by molar-refractivity contribution is -0.141. The van der Waals surface area contributed by atoms with Crippen LogP contribution >= 0.6 is 0 Å². The van der Waals surface area contributed by atoms with Gasteiger partial charge in [-0.2, -0.15) is 8.42 Å². The van der Waals surface area contributed by atoms with E-state index in [0.717, 1.165) is 6.07 Å². The lowest BCUT2D eigenvalue weighted by Gasteiger charge is -2.12. The predicted molar refractivity (Wildman–Crippen MR) is 111 cm³/mol. The number of benzene rings is 1. The monoisotopic (exact) mass is 486 g/mol. The van der Waals surface area contributed by atoms with Gasteiger partial charge < -0.3 is 18.9 Å². The molecule has 1 rings (SSSR count). The molecule has 0 unspecified atom stereocenters. The number of carbonyl (C=O) groups is 2. The van der Waals surface area contributed by atoms with Gasteiger partial charge in [-0.25, -0.2) is 20.2 Å². The number of hydrogen-bond donors (Lipinski definition) is 1. The Hall–Kier alpha value is -4.63. The molecule has 1 aromatic carbocycles. The standard InChI is InChI=1S/C20H14N4O9S/c1-13(25)30-4-5-31-18-8-15(17(11-22)24-3)19(9-14(18)16(10-21)23-2)32-6-7-33-20(26)12-34(27,28)29/h1,8-9H,4-7,12H2,(H,27,28,29)/b16-14-,17-15+. The zero-order valence-corrected chi connectivity index (χ0v) is 18.0. The highest BCUT2D eigenvalue weighted by Gasteiger charge is 2.15. The maximum absolute atomic E-state index is 11.3. The van der Waals surface area contributed by atoms with Crippen LogP contribution in [-0.4, -0.2) is 57.1 Å². The van der Waals surface area contributed by atoms with E-state index in [9.17, 15) is 28.5 Å². The van der Waals surface area contributed by atoms with Gasteiger partial charge in [0.15, 0.2) is 5.75 Å². The Kier molecular flexibility index (Phi) is 10.5. The Bertz CT molecular complexity index is 1330. The second kappa shape index (κ2) is 13.0. The number of carbonyl (C=O) groups excluding carboxylic acids is 2. The van der Waals surface area contributed by atoms with Gasteiger partial charge in [-0.15, -0.1) is 0 Å². The minimum absolute atomic E-state index is 0.0686. The third kappa shape index (κ3) is 8.85. The fraction of sp³-hybridized carbons (Fsp3) is 0.250. The number of nitriles is 2. The van der Waals surface area contributed by atoms with Crippen LogP contribution in [0.1, 0.15) is 0 Å². The molecule has 0 fully saturated rings. The Labute approximate surface area is 194 Å². The van der Waals surface area contributed by atoms with Crippen molar-refractivity contribution in [3.05, 3.63) is 52.3 Å². The summed E-state index contributed by atoms with van der Waals surface area (Å²) in [6.07, 6.45) is 0. The van der Waals surface area contributed by atoms with E-state index in [0.29, 0.717) is 0 Å². The summed E-state index contributed by atoms with van der Waals surface area (Å²) in [6.45, 7) is 17.9. The van der Waals surface area contributed by atoms with Gasteiger partial charge in [-0.3, -0.25) is 14.1 Å². The summed E-state index contributed by atoms with van der Waals surface area (Å²) in [7, 11) is -4.58. The fourth-order valence-corrected chi connectivity index (χ4v) is 2.63. The lowest BCUT2D eigenvalue weighted by Crippen LogP contribution is -2.23. The van der Waals surface area contributed by atoms with Crippen molar-refractivity contribution in [3.8, 4) is 23.6 Å². The van der Waals surface area contributed by atoms with Gasteiger partial charge in [0.25, 0.3) is 21.5 Å². The minimum Gasteiger partial charge on any atom is -0.491 e. The van der Waals surface area contributed by atoms with Crippen molar-refractivity contribution < 1.29 is 41.5 Å². The molecule has 1 N–H and O–H groups in total. The minimum atomic E-state index is -4.58. The van der Waals surface area contributed by atoms with E-state index < -0.39 is 45.8 Å². The summed E-state index contributed by atoms with van der Waals surface area (Å²) in [5.41, 5.74) is -0.868. The molecular formula is C20H14N4O9S. The Morgan fingerprint density at radius 1 is 0.941 bits per heavy atom. The SMILES string of the molecule is [C-]#[N+]/C(C#N)=c1/cc(OCCOC(=O)CS(=O)(=O)O)/c(=C(\C#N)[N+]#[C-])cc1OCCOC([CH])=O. The van der Waals surface area contributed by atoms with Crippen LogP contribution in [0.2, 0.25) is 0 Å². The van der Waals surface area contributed by atoms with Gasteiger partial charge in [-0.05, 0) is 12.1 Å². The van der Waals surface area contributed by atoms with Crippen molar-refractivity contribution in [2.24, 2.45) is 0 Å². The molecule has 0 saturated heterocycles.